The maximum atomic E-state index is 13.9. The Hall–Kier alpha value is -1.82. The summed E-state index contributed by atoms with van der Waals surface area (Å²) < 4.78 is 24.5. The molecule has 1 aromatic carbocycles. The van der Waals surface area contributed by atoms with E-state index in [0.29, 0.717) is 5.75 Å². The van der Waals surface area contributed by atoms with Crippen molar-refractivity contribution in [1.82, 2.24) is 5.32 Å². The van der Waals surface area contributed by atoms with E-state index in [9.17, 15) is 9.18 Å². The molecule has 1 aliphatic heterocycles. The third-order valence-corrected chi connectivity index (χ3v) is 5.13. The van der Waals surface area contributed by atoms with E-state index in [-0.39, 0.29) is 23.2 Å². The highest BCUT2D eigenvalue weighted by atomic mass is 19.1. The second kappa shape index (κ2) is 6.74. The molecule has 1 spiro atoms. The van der Waals surface area contributed by atoms with Crippen molar-refractivity contribution < 1.29 is 18.7 Å². The van der Waals surface area contributed by atoms with Crippen molar-refractivity contribution in [1.29, 1.82) is 0 Å². The van der Waals surface area contributed by atoms with Crippen LogP contribution in [0.1, 0.15) is 32.1 Å². The molecule has 1 heterocycles. The summed E-state index contributed by atoms with van der Waals surface area (Å²) in [6.45, 7) is 1.50. The van der Waals surface area contributed by atoms with Crippen LogP contribution in [-0.4, -0.2) is 32.4 Å². The number of nitrogens with one attached hydrogen (secondary N) is 2. The summed E-state index contributed by atoms with van der Waals surface area (Å²) >= 11 is 0. The Bertz CT molecular complexity index is 573. The van der Waals surface area contributed by atoms with Crippen molar-refractivity contribution in [3.63, 3.8) is 0 Å². The first kappa shape index (κ1) is 16.1. The summed E-state index contributed by atoms with van der Waals surface area (Å²) in [5, 5.41) is 5.64. The third-order valence-electron chi connectivity index (χ3n) is 5.13. The average molecular weight is 322 g/mol. The van der Waals surface area contributed by atoms with Gasteiger partial charge in [-0.05, 0) is 43.2 Å². The van der Waals surface area contributed by atoms with Gasteiger partial charge in [-0.15, -0.1) is 0 Å². The van der Waals surface area contributed by atoms with Gasteiger partial charge in [-0.1, -0.05) is 12.5 Å². The molecule has 126 valence electrons. The first-order chi connectivity index (χ1) is 11.1. The van der Waals surface area contributed by atoms with Gasteiger partial charge in [0.15, 0.2) is 5.82 Å². The summed E-state index contributed by atoms with van der Waals surface area (Å²) in [5.74, 6) is -0.195. The van der Waals surface area contributed by atoms with E-state index < -0.39 is 5.82 Å². The van der Waals surface area contributed by atoms with Gasteiger partial charge in [0.25, 0.3) is 0 Å². The van der Waals surface area contributed by atoms with E-state index in [1.165, 1.54) is 13.2 Å². The van der Waals surface area contributed by atoms with Crippen LogP contribution in [0, 0.1) is 11.2 Å². The molecule has 1 atom stereocenters. The van der Waals surface area contributed by atoms with Crippen LogP contribution in [0.4, 0.5) is 14.9 Å². The molecule has 3 rings (SSSR count). The van der Waals surface area contributed by atoms with Gasteiger partial charge in [0.05, 0.1) is 7.11 Å². The minimum atomic E-state index is -0.508. The van der Waals surface area contributed by atoms with Gasteiger partial charge in [0.1, 0.15) is 11.4 Å². The number of methoxy groups -OCH3 is 1. The van der Waals surface area contributed by atoms with Crippen molar-refractivity contribution in [2.45, 2.75) is 38.1 Å². The molecule has 0 radical (unpaired) electrons. The molecule has 1 saturated carbocycles. The van der Waals surface area contributed by atoms with Crippen LogP contribution in [0.25, 0.3) is 0 Å². The highest BCUT2D eigenvalue weighted by Gasteiger charge is 2.44. The molecular formula is C17H23FN2O3. The van der Waals surface area contributed by atoms with Crippen LogP contribution < -0.4 is 15.4 Å². The number of amides is 2. The maximum absolute atomic E-state index is 13.9. The molecule has 1 saturated heterocycles. The lowest BCUT2D eigenvalue weighted by molar-refractivity contribution is 0.00652. The van der Waals surface area contributed by atoms with Crippen LogP contribution >= 0.6 is 0 Å². The fourth-order valence-electron chi connectivity index (χ4n) is 3.84. The summed E-state index contributed by atoms with van der Waals surface area (Å²) in [6, 6.07) is 4.20. The molecule has 2 amide bonds. The first-order valence-corrected chi connectivity index (χ1v) is 8.12. The van der Waals surface area contributed by atoms with Crippen molar-refractivity contribution in [3.05, 3.63) is 24.0 Å². The lowest BCUT2D eigenvalue weighted by Crippen LogP contribution is -2.48. The van der Waals surface area contributed by atoms with E-state index in [1.54, 1.807) is 12.1 Å². The zero-order valence-corrected chi connectivity index (χ0v) is 13.4. The molecular weight excluding hydrogens is 299 g/mol. The molecule has 1 unspecified atom stereocenters. The number of urea groups is 1. The standard InChI is InChI=1S/C17H23FN2O3/c1-22-13-5-2-4-12(18)15(13)20-16(21)19-14-6-3-7-17(14)8-10-23-11-9-17/h2,4-5,14H,3,6-11H2,1H3,(H2,19,20,21). The van der Waals surface area contributed by atoms with Gasteiger partial charge in [-0.25, -0.2) is 9.18 Å². The predicted molar refractivity (Wildman–Crippen MR) is 85.2 cm³/mol. The molecule has 6 heteroatoms. The Balaban J connectivity index is 1.68. The van der Waals surface area contributed by atoms with Gasteiger partial charge < -0.3 is 20.1 Å². The number of ether oxygens (including phenoxy) is 2. The number of carbonyl (C=O) groups excluding carboxylic acids is 1. The molecule has 0 aromatic heterocycles. The highest BCUT2D eigenvalue weighted by molar-refractivity contribution is 5.91. The number of halogens is 1. The summed E-state index contributed by atoms with van der Waals surface area (Å²) in [5.41, 5.74) is 0.209. The summed E-state index contributed by atoms with van der Waals surface area (Å²) in [6.07, 6.45) is 5.13. The van der Waals surface area contributed by atoms with Crippen molar-refractivity contribution in [2.24, 2.45) is 5.41 Å². The quantitative estimate of drug-likeness (QED) is 0.897. The minimum Gasteiger partial charge on any atom is -0.494 e. The molecule has 2 fully saturated rings. The van der Waals surface area contributed by atoms with E-state index >= 15 is 0 Å². The van der Waals surface area contributed by atoms with Crippen LogP contribution in [-0.2, 0) is 4.74 Å². The molecule has 1 aromatic rings. The Morgan fingerprint density at radius 3 is 2.87 bits per heavy atom. The van der Waals surface area contributed by atoms with E-state index in [2.05, 4.69) is 10.6 Å². The largest absolute Gasteiger partial charge is 0.494 e. The second-order valence-corrected chi connectivity index (χ2v) is 6.34. The Kier molecular flexibility index (Phi) is 4.71. The summed E-state index contributed by atoms with van der Waals surface area (Å²) in [7, 11) is 1.45. The molecule has 2 N–H and O–H groups in total. The molecule has 2 aliphatic rings. The van der Waals surface area contributed by atoms with Crippen molar-refractivity contribution in [3.8, 4) is 5.75 Å². The zero-order chi connectivity index (χ0) is 16.3. The summed E-state index contributed by atoms with van der Waals surface area (Å²) in [4.78, 5) is 12.3. The molecule has 0 bridgehead atoms. The predicted octanol–water partition coefficient (Wildman–Crippen LogP) is 3.31. The SMILES string of the molecule is COc1cccc(F)c1NC(=O)NC1CCCC12CCOCC2. The fourth-order valence-corrected chi connectivity index (χ4v) is 3.84. The lowest BCUT2D eigenvalue weighted by atomic mass is 9.75. The number of anilines is 1. The molecule has 1 aliphatic carbocycles. The first-order valence-electron chi connectivity index (χ1n) is 8.12. The lowest BCUT2D eigenvalue weighted by Gasteiger charge is -2.39. The molecule has 5 nitrogen and oxygen atoms in total. The maximum Gasteiger partial charge on any atom is 0.319 e. The zero-order valence-electron chi connectivity index (χ0n) is 13.4. The van der Waals surface area contributed by atoms with Crippen LogP contribution in [0.2, 0.25) is 0 Å². The smallest absolute Gasteiger partial charge is 0.319 e. The Morgan fingerprint density at radius 1 is 1.35 bits per heavy atom. The van der Waals surface area contributed by atoms with Crippen LogP contribution in [0.3, 0.4) is 0 Å². The monoisotopic (exact) mass is 322 g/mol. The van der Waals surface area contributed by atoms with Gasteiger partial charge in [-0.2, -0.15) is 0 Å². The fraction of sp³-hybridized carbons (Fsp3) is 0.588. The Labute approximate surface area is 135 Å². The van der Waals surface area contributed by atoms with Crippen LogP contribution in [0.5, 0.6) is 5.75 Å². The van der Waals surface area contributed by atoms with Crippen molar-refractivity contribution >= 4 is 11.7 Å². The van der Waals surface area contributed by atoms with E-state index in [1.807, 2.05) is 0 Å². The normalized spacial score (nSPS) is 22.8. The van der Waals surface area contributed by atoms with E-state index in [4.69, 9.17) is 9.47 Å². The number of benzene rings is 1. The van der Waals surface area contributed by atoms with E-state index in [0.717, 1.165) is 45.3 Å². The van der Waals surface area contributed by atoms with Gasteiger partial charge in [0, 0.05) is 19.3 Å². The topological polar surface area (TPSA) is 59.6 Å². The Morgan fingerprint density at radius 2 is 2.13 bits per heavy atom. The number of para-hydroxylation sites is 1. The van der Waals surface area contributed by atoms with Crippen molar-refractivity contribution in [2.75, 3.05) is 25.6 Å². The van der Waals surface area contributed by atoms with Gasteiger partial charge in [0.2, 0.25) is 0 Å². The van der Waals surface area contributed by atoms with Gasteiger partial charge >= 0.3 is 6.03 Å². The number of carbonyl (C=O) groups is 1. The van der Waals surface area contributed by atoms with Gasteiger partial charge in [-0.3, -0.25) is 0 Å². The number of hydrogen-bond donors (Lipinski definition) is 2. The molecule has 23 heavy (non-hydrogen) atoms. The number of hydrogen-bond acceptors (Lipinski definition) is 3. The highest BCUT2D eigenvalue weighted by Crippen LogP contribution is 2.46. The van der Waals surface area contributed by atoms with Crippen LogP contribution in [0.15, 0.2) is 18.2 Å². The third kappa shape index (κ3) is 3.27. The number of rotatable bonds is 3. The minimum absolute atomic E-state index is 0.0755. The average Bonchev–Trinajstić information content (AvgIpc) is 2.92. The second-order valence-electron chi connectivity index (χ2n) is 6.34.